The summed E-state index contributed by atoms with van der Waals surface area (Å²) < 4.78 is 22.5. The molecular weight excluding hydrogens is 503 g/mol. The molecule has 2 aromatic carbocycles. The van der Waals surface area contributed by atoms with E-state index < -0.39 is 5.82 Å². The molecule has 7 nitrogen and oxygen atoms in total. The molecule has 0 saturated carbocycles. The van der Waals surface area contributed by atoms with Gasteiger partial charge in [0.1, 0.15) is 23.6 Å². The first-order valence-corrected chi connectivity index (χ1v) is 13.6. The van der Waals surface area contributed by atoms with Crippen LogP contribution in [0.4, 0.5) is 10.2 Å². The van der Waals surface area contributed by atoms with Crippen LogP contribution in [0.25, 0.3) is 32.9 Å². The summed E-state index contributed by atoms with van der Waals surface area (Å²) in [5, 5.41) is 6.51. The van der Waals surface area contributed by atoms with Gasteiger partial charge in [-0.1, -0.05) is 41.9 Å². The molecule has 1 radical (unpaired) electrons. The number of nitrogens with one attached hydrogen (secondary N) is 1. The predicted octanol–water partition coefficient (Wildman–Crippen LogP) is 4.87. The second-order valence-corrected chi connectivity index (χ2v) is 11.0. The van der Waals surface area contributed by atoms with E-state index in [1.165, 1.54) is 0 Å². The van der Waals surface area contributed by atoms with E-state index in [0.29, 0.717) is 40.5 Å². The summed E-state index contributed by atoms with van der Waals surface area (Å²) in [5.74, 6) is 0.191. The number of hydrogen-bond donors (Lipinski definition) is 1. The number of ether oxygens (including phenoxy) is 1. The Morgan fingerprint density at radius 3 is 2.66 bits per heavy atom. The zero-order valence-corrected chi connectivity index (χ0v) is 22.0. The topological polar surface area (TPSA) is 66.4 Å². The number of benzene rings is 2. The lowest BCUT2D eigenvalue weighted by atomic mass is 10.0. The highest BCUT2D eigenvalue weighted by atomic mass is 35.5. The largest absolute Gasteiger partial charge is 0.462 e. The van der Waals surface area contributed by atoms with Crippen LogP contribution in [0.2, 0.25) is 5.02 Å². The Labute approximate surface area is 226 Å². The summed E-state index contributed by atoms with van der Waals surface area (Å²) in [4.78, 5) is 18.5. The lowest BCUT2D eigenvalue weighted by Gasteiger charge is -2.34. The number of halogens is 2. The number of likely N-dealkylation sites (N-methyl/N-ethyl adjacent to an activating group) is 1. The van der Waals surface area contributed by atoms with Crippen molar-refractivity contribution in [1.29, 1.82) is 0 Å². The fraction of sp³-hybridized carbons (Fsp3) is 0.379. The number of anilines is 1. The van der Waals surface area contributed by atoms with Crippen LogP contribution in [0.1, 0.15) is 19.3 Å². The zero-order chi connectivity index (χ0) is 25.8. The van der Waals surface area contributed by atoms with Gasteiger partial charge in [0, 0.05) is 59.9 Å². The normalized spacial score (nSPS) is 23.6. The molecule has 1 N–H and O–H groups in total. The van der Waals surface area contributed by atoms with Gasteiger partial charge in [-0.15, -0.1) is 0 Å². The van der Waals surface area contributed by atoms with Gasteiger partial charge in [0.15, 0.2) is 5.82 Å². The summed E-state index contributed by atoms with van der Waals surface area (Å²) in [6.45, 7) is 3.00. The molecule has 3 saturated heterocycles. The van der Waals surface area contributed by atoms with E-state index in [-0.39, 0.29) is 23.3 Å². The van der Waals surface area contributed by atoms with Crippen molar-refractivity contribution in [3.8, 4) is 17.3 Å². The quantitative estimate of drug-likeness (QED) is 0.394. The van der Waals surface area contributed by atoms with Gasteiger partial charge in [0.2, 0.25) is 0 Å². The Bertz CT molecular complexity index is 1520. The van der Waals surface area contributed by atoms with Crippen molar-refractivity contribution in [2.75, 3.05) is 38.2 Å². The van der Waals surface area contributed by atoms with Crippen molar-refractivity contribution in [2.24, 2.45) is 0 Å². The number of fused-ring (bicyclic) bond motifs is 4. The third-order valence-electron chi connectivity index (χ3n) is 8.15. The Balaban J connectivity index is 1.36. The van der Waals surface area contributed by atoms with Gasteiger partial charge >= 0.3 is 6.01 Å². The molecule has 0 amide bonds. The molecule has 3 atom stereocenters. The first-order valence-electron chi connectivity index (χ1n) is 13.2. The smallest absolute Gasteiger partial charge is 0.319 e. The molecule has 38 heavy (non-hydrogen) atoms. The van der Waals surface area contributed by atoms with Crippen LogP contribution in [0.5, 0.6) is 6.01 Å². The third kappa shape index (κ3) is 4.15. The molecule has 195 valence electrons. The highest BCUT2D eigenvalue weighted by Gasteiger charge is 2.34. The Morgan fingerprint density at radius 2 is 1.89 bits per heavy atom. The van der Waals surface area contributed by atoms with E-state index in [2.05, 4.69) is 38.6 Å². The maximum atomic E-state index is 16.4. The van der Waals surface area contributed by atoms with Crippen molar-refractivity contribution in [3.63, 3.8) is 0 Å². The van der Waals surface area contributed by atoms with Crippen LogP contribution < -0.4 is 15.0 Å². The molecule has 9 heteroatoms. The predicted molar refractivity (Wildman–Crippen MR) is 148 cm³/mol. The summed E-state index contributed by atoms with van der Waals surface area (Å²) >= 11 is 6.57. The molecule has 4 aromatic rings. The van der Waals surface area contributed by atoms with E-state index in [0.717, 1.165) is 49.7 Å². The Kier molecular flexibility index (Phi) is 6.06. The van der Waals surface area contributed by atoms with Crippen LogP contribution in [-0.4, -0.2) is 71.3 Å². The standard InChI is InChI=1S/C29H29ClFN6O/c1-36-12-4-7-20(36)16-38-29-34-27-22(28(35-29)37-14-18-10-11-19(15-37)33-18)13-32-26(25(27)31)21-8-2-5-17-6-3-9-23(30)24(17)21/h2-6,8-9,13,18-20,33H,7,10-12,14-16H2,1H3/t18-,19+,20-/m0/s1. The highest BCUT2D eigenvalue weighted by Crippen LogP contribution is 2.38. The second-order valence-electron chi connectivity index (χ2n) is 10.6. The van der Waals surface area contributed by atoms with Crippen LogP contribution in [0, 0.1) is 12.2 Å². The number of nitrogens with zero attached hydrogens (tertiary/aromatic N) is 5. The third-order valence-corrected chi connectivity index (χ3v) is 8.47. The number of hydrogen-bond acceptors (Lipinski definition) is 7. The molecule has 0 spiro atoms. The van der Waals surface area contributed by atoms with Gasteiger partial charge in [-0.25, -0.2) is 4.39 Å². The summed E-state index contributed by atoms with van der Waals surface area (Å²) in [7, 11) is 2.08. The minimum absolute atomic E-state index is 0.200. The van der Waals surface area contributed by atoms with Crippen LogP contribution in [0.3, 0.4) is 0 Å². The molecule has 0 aliphatic carbocycles. The lowest BCUT2D eigenvalue weighted by Crippen LogP contribution is -2.51. The maximum Gasteiger partial charge on any atom is 0.319 e. The van der Waals surface area contributed by atoms with Crippen LogP contribution >= 0.6 is 11.6 Å². The number of likely N-dealkylation sites (tertiary alicyclic amines) is 1. The number of rotatable bonds is 5. The monoisotopic (exact) mass is 531 g/mol. The highest BCUT2D eigenvalue weighted by molar-refractivity contribution is 6.36. The molecule has 3 aliphatic rings. The van der Waals surface area contributed by atoms with Gasteiger partial charge in [0.25, 0.3) is 0 Å². The molecule has 2 aromatic heterocycles. The first kappa shape index (κ1) is 24.0. The van der Waals surface area contributed by atoms with E-state index in [1.807, 2.05) is 36.4 Å². The molecular formula is C29H29ClFN6O. The minimum atomic E-state index is -0.493. The fourth-order valence-corrected chi connectivity index (χ4v) is 6.43. The van der Waals surface area contributed by atoms with Crippen LogP contribution in [-0.2, 0) is 0 Å². The average molecular weight is 532 g/mol. The van der Waals surface area contributed by atoms with E-state index >= 15 is 4.39 Å². The van der Waals surface area contributed by atoms with Crippen molar-refractivity contribution in [1.82, 2.24) is 25.2 Å². The Morgan fingerprint density at radius 1 is 1.11 bits per heavy atom. The molecule has 0 unspecified atom stereocenters. The first-order chi connectivity index (χ1) is 18.5. The minimum Gasteiger partial charge on any atom is -0.462 e. The van der Waals surface area contributed by atoms with Crippen molar-refractivity contribution >= 4 is 39.1 Å². The Hall–Kier alpha value is -3.07. The number of aromatic nitrogens is 3. The van der Waals surface area contributed by atoms with E-state index in [1.54, 1.807) is 6.20 Å². The van der Waals surface area contributed by atoms with Crippen LogP contribution in [0.15, 0.2) is 42.6 Å². The lowest BCUT2D eigenvalue weighted by molar-refractivity contribution is 0.188. The number of piperazine rings is 1. The van der Waals surface area contributed by atoms with E-state index in [9.17, 15) is 0 Å². The van der Waals surface area contributed by atoms with Gasteiger partial charge in [-0.05, 0) is 44.2 Å². The van der Waals surface area contributed by atoms with Gasteiger partial charge in [0.05, 0.1) is 5.39 Å². The molecule has 5 heterocycles. The van der Waals surface area contributed by atoms with Crippen molar-refractivity contribution < 1.29 is 9.13 Å². The van der Waals surface area contributed by atoms with E-state index in [4.69, 9.17) is 21.3 Å². The molecule has 3 fully saturated rings. The van der Waals surface area contributed by atoms with Crippen molar-refractivity contribution in [3.05, 3.63) is 59.9 Å². The van der Waals surface area contributed by atoms with Gasteiger partial charge < -0.3 is 15.0 Å². The maximum absolute atomic E-state index is 16.4. The van der Waals surface area contributed by atoms with Gasteiger partial charge in [-0.2, -0.15) is 9.97 Å². The summed E-state index contributed by atoms with van der Waals surface area (Å²) in [5.41, 5.74) is 1.08. The molecule has 3 aliphatic heterocycles. The van der Waals surface area contributed by atoms with Gasteiger partial charge in [-0.3, -0.25) is 9.88 Å². The SMILES string of the molecule is CN1C[CH]C[C@H]1COc1nc(N2C[C@H]3CC[C@@H](C2)N3)c2cnc(-c3cccc4cccc(Cl)c34)c(F)c2n1. The molecule has 7 rings (SSSR count). The summed E-state index contributed by atoms with van der Waals surface area (Å²) in [6, 6.07) is 12.6. The average Bonchev–Trinajstić information content (AvgIpc) is 3.50. The van der Waals surface area contributed by atoms with Crippen molar-refractivity contribution in [2.45, 2.75) is 37.4 Å². The fourth-order valence-electron chi connectivity index (χ4n) is 6.14. The molecule has 2 bridgehead atoms. The number of pyridine rings is 1. The zero-order valence-electron chi connectivity index (χ0n) is 21.2. The summed E-state index contributed by atoms with van der Waals surface area (Å²) in [6.07, 6.45) is 7.16. The second kappa shape index (κ2) is 9.59.